The smallest absolute Gasteiger partial charge is 0.258 e. The minimum absolute atomic E-state index is 0.179. The molecule has 0 atom stereocenters. The van der Waals surface area contributed by atoms with Gasteiger partial charge in [-0.05, 0) is 44.8 Å². The number of hydrogen-bond donors (Lipinski definition) is 0. The number of benzene rings is 4. The molecule has 0 aliphatic heterocycles. The number of hydrogen-bond acceptors (Lipinski definition) is 2. The van der Waals surface area contributed by atoms with Gasteiger partial charge in [-0.3, -0.25) is 10.1 Å². The third kappa shape index (κ3) is 1.19. The molecule has 5 rings (SSSR count). The number of rotatable bonds is 1. The van der Waals surface area contributed by atoms with Crippen LogP contribution in [0, 0.1) is 10.1 Å². The normalized spacial score (nSPS) is 13.0. The molecule has 4 aromatic rings. The van der Waals surface area contributed by atoms with Crippen molar-refractivity contribution in [2.75, 3.05) is 0 Å². The molecule has 0 fully saturated rings. The summed E-state index contributed by atoms with van der Waals surface area (Å²) in [6, 6.07) is 13.7. The molecule has 0 heterocycles. The summed E-state index contributed by atoms with van der Waals surface area (Å²) in [6.07, 6.45) is 4.12. The zero-order valence-corrected chi connectivity index (χ0v) is 11.0. The van der Waals surface area contributed by atoms with E-state index >= 15 is 0 Å². The van der Waals surface area contributed by atoms with Gasteiger partial charge in [0.2, 0.25) is 0 Å². The van der Waals surface area contributed by atoms with Crippen LogP contribution in [0.3, 0.4) is 0 Å². The summed E-state index contributed by atoms with van der Waals surface area (Å²) in [7, 11) is 0. The average Bonchev–Trinajstić information content (AvgIpc) is 2.91. The van der Waals surface area contributed by atoms with Crippen molar-refractivity contribution in [3.63, 3.8) is 0 Å². The van der Waals surface area contributed by atoms with E-state index in [-0.39, 0.29) is 10.6 Å². The lowest BCUT2D eigenvalue weighted by Crippen LogP contribution is -1.93. The Labute approximate surface area is 119 Å². The lowest BCUT2D eigenvalue weighted by Gasteiger charge is -2.12. The van der Waals surface area contributed by atoms with Crippen molar-refractivity contribution in [1.82, 2.24) is 0 Å². The Bertz CT molecular complexity index is 1110. The SMILES string of the molecule is O=[N+]([O-])c1ccc2ccc3ccc4c5c(cc1c2c35)C=C4. The quantitative estimate of drug-likeness (QED) is 0.245. The fourth-order valence-electron chi connectivity index (χ4n) is 3.56. The number of non-ortho nitro benzene ring substituents is 1. The molecular weight excluding hydrogens is 262 g/mol. The highest BCUT2D eigenvalue weighted by Gasteiger charge is 2.21. The molecular formula is C18H9NO2. The van der Waals surface area contributed by atoms with Crippen LogP contribution in [-0.2, 0) is 0 Å². The summed E-state index contributed by atoms with van der Waals surface area (Å²) in [5, 5.41) is 17.6. The highest BCUT2D eigenvalue weighted by Crippen LogP contribution is 2.43. The highest BCUT2D eigenvalue weighted by molar-refractivity contribution is 6.29. The maximum atomic E-state index is 11.3. The van der Waals surface area contributed by atoms with Gasteiger partial charge in [0.25, 0.3) is 5.69 Å². The van der Waals surface area contributed by atoms with Crippen LogP contribution in [-0.4, -0.2) is 4.92 Å². The van der Waals surface area contributed by atoms with Crippen LogP contribution >= 0.6 is 0 Å². The van der Waals surface area contributed by atoms with Gasteiger partial charge in [0.15, 0.2) is 0 Å². The largest absolute Gasteiger partial charge is 0.277 e. The minimum Gasteiger partial charge on any atom is -0.258 e. The lowest BCUT2D eigenvalue weighted by molar-refractivity contribution is -0.383. The van der Waals surface area contributed by atoms with E-state index in [1.165, 1.54) is 10.9 Å². The van der Waals surface area contributed by atoms with Gasteiger partial charge in [0, 0.05) is 11.5 Å². The van der Waals surface area contributed by atoms with Gasteiger partial charge in [-0.25, -0.2) is 0 Å². The molecule has 4 aromatic carbocycles. The van der Waals surface area contributed by atoms with E-state index in [4.69, 9.17) is 0 Å². The van der Waals surface area contributed by atoms with Crippen molar-refractivity contribution in [3.8, 4) is 0 Å². The Morgan fingerprint density at radius 1 is 0.762 bits per heavy atom. The molecule has 0 N–H and O–H groups in total. The lowest BCUT2D eigenvalue weighted by atomic mass is 9.90. The van der Waals surface area contributed by atoms with E-state index in [0.717, 1.165) is 32.5 Å². The molecule has 0 saturated heterocycles. The third-order valence-corrected chi connectivity index (χ3v) is 4.44. The molecule has 0 amide bonds. The Morgan fingerprint density at radius 3 is 2.24 bits per heavy atom. The van der Waals surface area contributed by atoms with Gasteiger partial charge >= 0.3 is 0 Å². The average molecular weight is 271 g/mol. The van der Waals surface area contributed by atoms with Gasteiger partial charge in [-0.1, -0.05) is 36.4 Å². The van der Waals surface area contributed by atoms with Crippen molar-refractivity contribution in [1.29, 1.82) is 0 Å². The van der Waals surface area contributed by atoms with Gasteiger partial charge in [0.1, 0.15) is 0 Å². The van der Waals surface area contributed by atoms with Gasteiger partial charge in [-0.2, -0.15) is 0 Å². The molecule has 0 radical (unpaired) electrons. The van der Waals surface area contributed by atoms with Crippen LogP contribution < -0.4 is 0 Å². The fourth-order valence-corrected chi connectivity index (χ4v) is 3.56. The standard InChI is InChI=1S/C18H9NO2/c20-19(21)15-8-7-11-2-4-12-3-1-10-5-6-13-9-14(15)17(11)18(12)16(10)13/h1-9H. The Morgan fingerprint density at radius 2 is 1.43 bits per heavy atom. The Kier molecular flexibility index (Phi) is 1.74. The summed E-state index contributed by atoms with van der Waals surface area (Å²) in [4.78, 5) is 11.1. The third-order valence-electron chi connectivity index (χ3n) is 4.44. The topological polar surface area (TPSA) is 43.1 Å². The van der Waals surface area contributed by atoms with E-state index in [1.54, 1.807) is 6.07 Å². The molecule has 0 bridgehead atoms. The van der Waals surface area contributed by atoms with E-state index in [0.29, 0.717) is 0 Å². The first kappa shape index (κ1) is 10.8. The molecule has 0 saturated carbocycles. The molecule has 3 heteroatoms. The van der Waals surface area contributed by atoms with Crippen LogP contribution in [0.25, 0.3) is 44.5 Å². The van der Waals surface area contributed by atoms with Crippen LogP contribution in [0.2, 0.25) is 0 Å². The zero-order chi connectivity index (χ0) is 14.1. The number of nitro benzene ring substituents is 1. The first-order chi connectivity index (χ1) is 10.2. The predicted molar refractivity (Wildman–Crippen MR) is 85.7 cm³/mol. The van der Waals surface area contributed by atoms with Crippen LogP contribution in [0.4, 0.5) is 5.69 Å². The Balaban J connectivity index is 2.20. The summed E-state index contributed by atoms with van der Waals surface area (Å²) in [5.41, 5.74) is 2.45. The van der Waals surface area contributed by atoms with Crippen molar-refractivity contribution in [2.45, 2.75) is 0 Å². The molecule has 21 heavy (non-hydrogen) atoms. The molecule has 1 aliphatic carbocycles. The molecule has 0 unspecified atom stereocenters. The second-order valence-electron chi connectivity index (χ2n) is 5.48. The van der Waals surface area contributed by atoms with Crippen LogP contribution in [0.5, 0.6) is 0 Å². The van der Waals surface area contributed by atoms with E-state index in [9.17, 15) is 10.1 Å². The zero-order valence-electron chi connectivity index (χ0n) is 11.0. The number of nitro groups is 1. The molecule has 0 spiro atoms. The monoisotopic (exact) mass is 271 g/mol. The summed E-state index contributed by atoms with van der Waals surface area (Å²) >= 11 is 0. The number of nitrogens with zero attached hydrogens (tertiary/aromatic N) is 1. The predicted octanol–water partition coefficient (Wildman–Crippen LogP) is 4.98. The Hall–Kier alpha value is -2.94. The summed E-state index contributed by atoms with van der Waals surface area (Å²) in [5.74, 6) is 0. The van der Waals surface area contributed by atoms with Crippen molar-refractivity contribution in [3.05, 3.63) is 63.7 Å². The van der Waals surface area contributed by atoms with E-state index in [2.05, 4.69) is 24.3 Å². The molecule has 98 valence electrons. The van der Waals surface area contributed by atoms with Crippen molar-refractivity contribution in [2.24, 2.45) is 0 Å². The first-order valence-electron chi connectivity index (χ1n) is 6.81. The highest BCUT2D eigenvalue weighted by atomic mass is 16.6. The summed E-state index contributed by atoms with van der Waals surface area (Å²) < 4.78 is 0. The van der Waals surface area contributed by atoms with Gasteiger partial charge in [-0.15, -0.1) is 0 Å². The minimum atomic E-state index is -0.293. The second-order valence-corrected chi connectivity index (χ2v) is 5.48. The van der Waals surface area contributed by atoms with Crippen LogP contribution in [0.1, 0.15) is 11.1 Å². The van der Waals surface area contributed by atoms with E-state index < -0.39 is 0 Å². The molecule has 0 aromatic heterocycles. The van der Waals surface area contributed by atoms with Crippen molar-refractivity contribution >= 4 is 50.2 Å². The van der Waals surface area contributed by atoms with Crippen molar-refractivity contribution < 1.29 is 4.92 Å². The van der Waals surface area contributed by atoms with Gasteiger partial charge < -0.3 is 0 Å². The first-order valence-corrected chi connectivity index (χ1v) is 6.81. The maximum Gasteiger partial charge on any atom is 0.277 e. The van der Waals surface area contributed by atoms with Gasteiger partial charge in [0.05, 0.1) is 10.3 Å². The fraction of sp³-hybridized carbons (Fsp3) is 0. The van der Waals surface area contributed by atoms with E-state index in [1.807, 2.05) is 24.3 Å². The van der Waals surface area contributed by atoms with Crippen LogP contribution in [0.15, 0.2) is 42.5 Å². The maximum absolute atomic E-state index is 11.3. The summed E-state index contributed by atoms with van der Waals surface area (Å²) in [6.45, 7) is 0. The molecule has 1 aliphatic rings. The molecule has 3 nitrogen and oxygen atoms in total. The second kappa shape index (κ2) is 3.38.